The number of thiophene rings is 1. The lowest BCUT2D eigenvalue weighted by atomic mass is 10.3. The Morgan fingerprint density at radius 2 is 2.00 bits per heavy atom. The Bertz CT molecular complexity index is 439. The third-order valence-corrected chi connectivity index (χ3v) is 3.60. The number of hydrogen-bond acceptors (Lipinski definition) is 3. The van der Waals surface area contributed by atoms with Gasteiger partial charge in [0.05, 0.1) is 6.61 Å². The summed E-state index contributed by atoms with van der Waals surface area (Å²) < 4.78 is 6.54. The first-order chi connectivity index (χ1) is 7.29. The summed E-state index contributed by atoms with van der Waals surface area (Å²) in [4.78, 5) is 0.882. The Labute approximate surface area is 100 Å². The lowest BCUT2D eigenvalue weighted by molar-refractivity contribution is 0.285. The summed E-state index contributed by atoms with van der Waals surface area (Å²) in [6, 6.07) is 11.4. The van der Waals surface area contributed by atoms with Gasteiger partial charge in [0.1, 0.15) is 9.54 Å². The second-order valence-electron chi connectivity index (χ2n) is 2.92. The highest BCUT2D eigenvalue weighted by atomic mass is 79.9. The molecular formula is C11H9BrO2S. The van der Waals surface area contributed by atoms with E-state index < -0.39 is 0 Å². The maximum absolute atomic E-state index is 8.98. The Hall–Kier alpha value is -0.840. The zero-order valence-corrected chi connectivity index (χ0v) is 10.2. The third kappa shape index (κ3) is 2.59. The molecule has 2 aromatic rings. The summed E-state index contributed by atoms with van der Waals surface area (Å²) in [5.41, 5.74) is 0. The molecule has 0 aliphatic rings. The smallest absolute Gasteiger partial charge is 0.152 e. The van der Waals surface area contributed by atoms with E-state index in [1.54, 1.807) is 0 Å². The van der Waals surface area contributed by atoms with Gasteiger partial charge < -0.3 is 9.84 Å². The quantitative estimate of drug-likeness (QED) is 0.929. The van der Waals surface area contributed by atoms with Crippen molar-refractivity contribution in [2.45, 2.75) is 6.61 Å². The van der Waals surface area contributed by atoms with Crippen LogP contribution < -0.4 is 4.74 Å². The molecule has 0 spiro atoms. The van der Waals surface area contributed by atoms with Crippen molar-refractivity contribution in [3.8, 4) is 11.5 Å². The minimum absolute atomic E-state index is 0.0431. The molecule has 0 bridgehead atoms. The summed E-state index contributed by atoms with van der Waals surface area (Å²) in [6.45, 7) is 0.0431. The van der Waals surface area contributed by atoms with E-state index in [1.165, 1.54) is 11.3 Å². The van der Waals surface area contributed by atoms with Crippen LogP contribution in [0, 0.1) is 0 Å². The number of para-hydroxylation sites is 1. The molecule has 1 aromatic heterocycles. The fourth-order valence-electron chi connectivity index (χ4n) is 1.16. The molecule has 0 amide bonds. The van der Waals surface area contributed by atoms with Crippen LogP contribution in [0.3, 0.4) is 0 Å². The number of hydrogen-bond donors (Lipinski definition) is 1. The number of rotatable bonds is 3. The fourth-order valence-corrected chi connectivity index (χ4v) is 2.64. The molecule has 0 unspecified atom stereocenters. The predicted molar refractivity (Wildman–Crippen MR) is 64.5 cm³/mol. The van der Waals surface area contributed by atoms with Gasteiger partial charge in [-0.15, -0.1) is 11.3 Å². The summed E-state index contributed by atoms with van der Waals surface area (Å²) >= 11 is 4.87. The molecule has 1 aromatic carbocycles. The second-order valence-corrected chi connectivity index (χ2v) is 5.38. The van der Waals surface area contributed by atoms with Gasteiger partial charge in [0.15, 0.2) is 5.75 Å². The lowest BCUT2D eigenvalue weighted by Crippen LogP contribution is -1.81. The molecule has 0 saturated carbocycles. The van der Waals surface area contributed by atoms with Crippen LogP contribution in [0.25, 0.3) is 0 Å². The monoisotopic (exact) mass is 284 g/mol. The average Bonchev–Trinajstić information content (AvgIpc) is 2.61. The molecule has 2 nitrogen and oxygen atoms in total. The number of ether oxygens (including phenoxy) is 1. The van der Waals surface area contributed by atoms with Crippen LogP contribution in [-0.2, 0) is 6.61 Å². The van der Waals surface area contributed by atoms with Gasteiger partial charge in [0, 0.05) is 4.88 Å². The molecule has 15 heavy (non-hydrogen) atoms. The van der Waals surface area contributed by atoms with Gasteiger partial charge in [-0.3, -0.25) is 0 Å². The highest BCUT2D eigenvalue weighted by Crippen LogP contribution is 2.37. The van der Waals surface area contributed by atoms with Gasteiger partial charge >= 0.3 is 0 Å². The van der Waals surface area contributed by atoms with Crippen molar-refractivity contribution in [3.63, 3.8) is 0 Å². The van der Waals surface area contributed by atoms with Gasteiger partial charge in [0.25, 0.3) is 0 Å². The van der Waals surface area contributed by atoms with E-state index in [1.807, 2.05) is 36.4 Å². The summed E-state index contributed by atoms with van der Waals surface area (Å²) in [7, 11) is 0. The zero-order chi connectivity index (χ0) is 10.7. The fraction of sp³-hybridized carbons (Fsp3) is 0.0909. The van der Waals surface area contributed by atoms with Crippen LogP contribution in [0.5, 0.6) is 11.5 Å². The van der Waals surface area contributed by atoms with E-state index in [0.29, 0.717) is 0 Å². The first-order valence-corrected chi connectivity index (χ1v) is 6.02. The molecule has 78 valence electrons. The number of aliphatic hydroxyl groups is 1. The standard InChI is InChI=1S/C11H9BrO2S/c12-11-10(6-9(7-13)15-11)14-8-4-2-1-3-5-8/h1-6,13H,7H2. The molecular weight excluding hydrogens is 276 g/mol. The molecule has 2 rings (SSSR count). The molecule has 0 saturated heterocycles. The van der Waals surface area contributed by atoms with Crippen LogP contribution in [0.4, 0.5) is 0 Å². The van der Waals surface area contributed by atoms with E-state index >= 15 is 0 Å². The SMILES string of the molecule is OCc1cc(Oc2ccccc2)c(Br)s1. The van der Waals surface area contributed by atoms with E-state index in [2.05, 4.69) is 15.9 Å². The Kier molecular flexibility index (Phi) is 3.41. The molecule has 1 heterocycles. The van der Waals surface area contributed by atoms with Crippen molar-refractivity contribution in [2.75, 3.05) is 0 Å². The zero-order valence-electron chi connectivity index (χ0n) is 7.81. The molecule has 1 N–H and O–H groups in total. The van der Waals surface area contributed by atoms with Crippen molar-refractivity contribution in [1.82, 2.24) is 0 Å². The molecule has 0 atom stereocenters. The van der Waals surface area contributed by atoms with E-state index in [0.717, 1.165) is 20.2 Å². The van der Waals surface area contributed by atoms with Crippen molar-refractivity contribution in [1.29, 1.82) is 0 Å². The van der Waals surface area contributed by atoms with Crippen molar-refractivity contribution >= 4 is 27.3 Å². The largest absolute Gasteiger partial charge is 0.455 e. The minimum Gasteiger partial charge on any atom is -0.455 e. The van der Waals surface area contributed by atoms with Gasteiger partial charge in [-0.1, -0.05) is 18.2 Å². The van der Waals surface area contributed by atoms with Crippen LogP contribution in [0.15, 0.2) is 40.2 Å². The molecule has 0 aliphatic heterocycles. The average molecular weight is 285 g/mol. The van der Waals surface area contributed by atoms with Crippen LogP contribution in [0.1, 0.15) is 4.88 Å². The highest BCUT2D eigenvalue weighted by molar-refractivity contribution is 9.11. The lowest BCUT2D eigenvalue weighted by Gasteiger charge is -2.02. The van der Waals surface area contributed by atoms with Crippen LogP contribution in [-0.4, -0.2) is 5.11 Å². The van der Waals surface area contributed by atoms with Gasteiger partial charge in [0.2, 0.25) is 0 Å². The van der Waals surface area contributed by atoms with E-state index in [-0.39, 0.29) is 6.61 Å². The number of aliphatic hydroxyl groups excluding tert-OH is 1. The Balaban J connectivity index is 2.21. The second kappa shape index (κ2) is 4.79. The molecule has 0 aliphatic carbocycles. The maximum atomic E-state index is 8.98. The number of halogens is 1. The minimum atomic E-state index is 0.0431. The summed E-state index contributed by atoms with van der Waals surface area (Å²) in [5.74, 6) is 1.54. The Morgan fingerprint density at radius 1 is 1.27 bits per heavy atom. The first kappa shape index (κ1) is 10.7. The Morgan fingerprint density at radius 3 is 2.60 bits per heavy atom. The molecule has 0 radical (unpaired) electrons. The topological polar surface area (TPSA) is 29.5 Å². The van der Waals surface area contributed by atoms with Crippen LogP contribution >= 0.6 is 27.3 Å². The highest BCUT2D eigenvalue weighted by Gasteiger charge is 2.07. The maximum Gasteiger partial charge on any atom is 0.152 e. The molecule has 4 heteroatoms. The summed E-state index contributed by atoms with van der Waals surface area (Å²) in [5, 5.41) is 8.98. The van der Waals surface area contributed by atoms with Crippen molar-refractivity contribution in [2.24, 2.45) is 0 Å². The van der Waals surface area contributed by atoms with E-state index in [9.17, 15) is 0 Å². The third-order valence-electron chi connectivity index (χ3n) is 1.83. The number of benzene rings is 1. The van der Waals surface area contributed by atoms with Gasteiger partial charge in [-0.05, 0) is 34.1 Å². The normalized spacial score (nSPS) is 10.3. The van der Waals surface area contributed by atoms with Crippen molar-refractivity contribution < 1.29 is 9.84 Å². The first-order valence-electron chi connectivity index (χ1n) is 4.41. The predicted octanol–water partition coefficient (Wildman–Crippen LogP) is 3.80. The summed E-state index contributed by atoms with van der Waals surface area (Å²) in [6.07, 6.45) is 0. The van der Waals surface area contributed by atoms with Crippen molar-refractivity contribution in [3.05, 3.63) is 45.1 Å². The van der Waals surface area contributed by atoms with Gasteiger partial charge in [-0.25, -0.2) is 0 Å². The molecule has 0 fully saturated rings. The van der Waals surface area contributed by atoms with Gasteiger partial charge in [-0.2, -0.15) is 0 Å². The van der Waals surface area contributed by atoms with E-state index in [4.69, 9.17) is 9.84 Å². The van der Waals surface area contributed by atoms with Crippen LogP contribution in [0.2, 0.25) is 0 Å².